The van der Waals surface area contributed by atoms with E-state index in [1.807, 2.05) is 36.4 Å². The van der Waals surface area contributed by atoms with E-state index in [2.05, 4.69) is 15.4 Å². The predicted octanol–water partition coefficient (Wildman–Crippen LogP) is 2.18. The van der Waals surface area contributed by atoms with Gasteiger partial charge in [-0.05, 0) is 54.6 Å². The van der Waals surface area contributed by atoms with Gasteiger partial charge in [-0.1, -0.05) is 30.0 Å². The number of hydrogen-bond donors (Lipinski definition) is 5. The fourth-order valence-electron chi connectivity index (χ4n) is 4.43. The number of nitrogens with zero attached hydrogens (tertiary/aromatic N) is 3. The number of aliphatic hydroxyl groups excluding tert-OH is 3. The lowest BCUT2D eigenvalue weighted by Crippen LogP contribution is -2.57. The molecule has 1 unspecified atom stereocenters. The minimum Gasteiger partial charge on any atom is -0.479 e. The molecule has 206 valence electrons. The van der Waals surface area contributed by atoms with Gasteiger partial charge >= 0.3 is 5.97 Å². The lowest BCUT2D eigenvalue weighted by molar-refractivity contribution is -0.248. The van der Waals surface area contributed by atoms with Gasteiger partial charge in [-0.3, -0.25) is 9.78 Å². The molecule has 0 saturated carbocycles. The molecule has 5 rings (SSSR count). The summed E-state index contributed by atoms with van der Waals surface area (Å²) in [6.07, 6.45) is -3.36. The number of carboxylic acid groups (broad SMARTS) is 1. The average Bonchev–Trinajstić information content (AvgIpc) is 3.32. The molecule has 0 bridgehead atoms. The zero-order chi connectivity index (χ0) is 28.4. The first kappa shape index (κ1) is 27.5. The van der Waals surface area contributed by atoms with Gasteiger partial charge < -0.3 is 30.5 Å². The molecule has 1 saturated heterocycles. The van der Waals surface area contributed by atoms with E-state index in [0.717, 1.165) is 4.90 Å². The number of aliphatic hydroxyl groups is 3. The molecule has 2 aromatic carbocycles. The summed E-state index contributed by atoms with van der Waals surface area (Å²) < 4.78 is 6.88. The summed E-state index contributed by atoms with van der Waals surface area (Å²) >= 11 is 1.34. The molecule has 5 atom stereocenters. The van der Waals surface area contributed by atoms with Crippen molar-refractivity contribution >= 4 is 46.7 Å². The molecule has 1 aliphatic rings. The molecule has 1 amide bonds. The fourth-order valence-corrected chi connectivity index (χ4v) is 5.41. The van der Waals surface area contributed by atoms with Crippen molar-refractivity contribution in [1.29, 1.82) is 0 Å². The van der Waals surface area contributed by atoms with Gasteiger partial charge in [0.25, 0.3) is 5.91 Å². The maximum Gasteiger partial charge on any atom is 0.335 e. The molecule has 1 aliphatic heterocycles. The summed E-state index contributed by atoms with van der Waals surface area (Å²) in [5.41, 5.74) is 2.13. The zero-order valence-electron chi connectivity index (χ0n) is 21.2. The van der Waals surface area contributed by atoms with Gasteiger partial charge in [-0.25, -0.2) is 9.48 Å². The number of carboxylic acids is 1. The molecule has 5 N–H and O–H groups in total. The molecule has 0 spiro atoms. The van der Waals surface area contributed by atoms with Gasteiger partial charge in [0.15, 0.2) is 12.3 Å². The van der Waals surface area contributed by atoms with Crippen LogP contribution in [-0.2, 0) is 9.53 Å². The third kappa shape index (κ3) is 5.35. The highest BCUT2D eigenvalue weighted by Crippen LogP contribution is 2.36. The smallest absolute Gasteiger partial charge is 0.335 e. The van der Waals surface area contributed by atoms with E-state index >= 15 is 0 Å². The van der Waals surface area contributed by atoms with Gasteiger partial charge in [0.2, 0.25) is 0 Å². The standard InChI is InChI=1S/C28H26N4O7S/c1-29-26(36)18-7-2-3-8-21(18)40-16-10-11-17-19(12-9-15-6-4-5-13-30-15)31-32(20(17)14-16)27-24(35)22(33)23(34)25(39-27)28(37)38/h2-14,22-25,27,33-35H,1H3,(H,29,36)(H,37,38)/b12-9+/t22-,23-,24+,25-,27?/m0/s1. The third-order valence-corrected chi connectivity index (χ3v) is 7.53. The Kier molecular flexibility index (Phi) is 7.96. The number of aliphatic carboxylic acids is 1. The second-order valence-electron chi connectivity index (χ2n) is 9.03. The van der Waals surface area contributed by atoms with Crippen molar-refractivity contribution in [3.8, 4) is 0 Å². The minimum atomic E-state index is -1.83. The van der Waals surface area contributed by atoms with Crippen LogP contribution >= 0.6 is 11.8 Å². The number of benzene rings is 2. The Hall–Kier alpha value is -4.07. The number of nitrogens with one attached hydrogen (secondary N) is 1. The first-order chi connectivity index (χ1) is 19.3. The topological polar surface area (TPSA) is 167 Å². The van der Waals surface area contributed by atoms with Crippen molar-refractivity contribution in [2.24, 2.45) is 0 Å². The quantitative estimate of drug-likeness (QED) is 0.225. The predicted molar refractivity (Wildman–Crippen MR) is 146 cm³/mol. The first-order valence-corrected chi connectivity index (χ1v) is 13.1. The Balaban J connectivity index is 1.60. The Morgan fingerprint density at radius 3 is 2.50 bits per heavy atom. The first-order valence-electron chi connectivity index (χ1n) is 12.3. The number of pyridine rings is 1. The second kappa shape index (κ2) is 11.6. The van der Waals surface area contributed by atoms with Crippen LogP contribution in [-0.4, -0.2) is 78.5 Å². The monoisotopic (exact) mass is 562 g/mol. The third-order valence-electron chi connectivity index (χ3n) is 6.47. The van der Waals surface area contributed by atoms with Crippen LogP contribution in [0.4, 0.5) is 0 Å². The molecule has 0 radical (unpaired) electrons. The average molecular weight is 563 g/mol. The lowest BCUT2D eigenvalue weighted by Gasteiger charge is -2.38. The van der Waals surface area contributed by atoms with E-state index in [-0.39, 0.29) is 5.91 Å². The van der Waals surface area contributed by atoms with E-state index in [1.54, 1.807) is 49.7 Å². The SMILES string of the molecule is CNC(=O)c1ccccc1Sc1ccc2c(/C=C/c3ccccn3)nn(C3O[C@H](C(=O)O)[C@@H](O)[C@H](O)[C@H]3O)c2c1. The van der Waals surface area contributed by atoms with E-state index in [0.29, 0.717) is 32.7 Å². The summed E-state index contributed by atoms with van der Waals surface area (Å²) in [5, 5.41) is 48.8. The number of carbonyl (C=O) groups excluding carboxylic acids is 1. The highest BCUT2D eigenvalue weighted by atomic mass is 32.2. The fraction of sp³-hybridized carbons (Fsp3) is 0.214. The Bertz CT molecular complexity index is 1580. The molecule has 11 nitrogen and oxygen atoms in total. The van der Waals surface area contributed by atoms with Crippen LogP contribution in [0.3, 0.4) is 0 Å². The van der Waals surface area contributed by atoms with E-state index in [4.69, 9.17) is 4.74 Å². The van der Waals surface area contributed by atoms with Crippen molar-refractivity contribution in [1.82, 2.24) is 20.1 Å². The van der Waals surface area contributed by atoms with E-state index < -0.39 is 36.6 Å². The van der Waals surface area contributed by atoms with Crippen LogP contribution in [0, 0.1) is 0 Å². The molecule has 4 aromatic rings. The Labute approximate surface area is 232 Å². The normalized spacial score (nSPS) is 22.9. The summed E-state index contributed by atoms with van der Waals surface area (Å²) in [6, 6.07) is 18.0. The maximum absolute atomic E-state index is 12.4. The number of ether oxygens (including phenoxy) is 1. The number of hydrogen-bond acceptors (Lipinski definition) is 9. The van der Waals surface area contributed by atoms with E-state index in [1.165, 1.54) is 16.4 Å². The van der Waals surface area contributed by atoms with Crippen LogP contribution in [0.2, 0.25) is 0 Å². The molecule has 12 heteroatoms. The van der Waals surface area contributed by atoms with Gasteiger partial charge in [0, 0.05) is 28.4 Å². The van der Waals surface area contributed by atoms with Crippen LogP contribution in [0.25, 0.3) is 23.1 Å². The summed E-state index contributed by atoms with van der Waals surface area (Å²) in [6.45, 7) is 0. The van der Waals surface area contributed by atoms with Gasteiger partial charge in [0.1, 0.15) is 18.3 Å². The number of carbonyl (C=O) groups is 2. The highest BCUT2D eigenvalue weighted by molar-refractivity contribution is 7.99. The summed E-state index contributed by atoms with van der Waals surface area (Å²) in [4.78, 5) is 29.8. The minimum absolute atomic E-state index is 0.234. The molecule has 2 aromatic heterocycles. The number of fused-ring (bicyclic) bond motifs is 1. The molecular formula is C28H26N4O7S. The number of amides is 1. The Morgan fingerprint density at radius 1 is 1.00 bits per heavy atom. The maximum atomic E-state index is 12.4. The van der Waals surface area contributed by atoms with Crippen LogP contribution in [0.1, 0.15) is 28.0 Å². The van der Waals surface area contributed by atoms with Crippen molar-refractivity contribution < 1.29 is 34.8 Å². The van der Waals surface area contributed by atoms with Crippen LogP contribution < -0.4 is 5.32 Å². The van der Waals surface area contributed by atoms with Gasteiger partial charge in [0.05, 0.1) is 22.5 Å². The molecular weight excluding hydrogens is 536 g/mol. The van der Waals surface area contributed by atoms with Crippen molar-refractivity contribution in [2.45, 2.75) is 40.4 Å². The van der Waals surface area contributed by atoms with Crippen molar-refractivity contribution in [2.75, 3.05) is 7.05 Å². The Morgan fingerprint density at radius 2 is 1.77 bits per heavy atom. The van der Waals surface area contributed by atoms with Crippen LogP contribution in [0.5, 0.6) is 0 Å². The molecule has 3 heterocycles. The summed E-state index contributed by atoms with van der Waals surface area (Å²) in [7, 11) is 1.56. The molecule has 1 fully saturated rings. The van der Waals surface area contributed by atoms with Crippen molar-refractivity contribution in [3.05, 3.63) is 83.8 Å². The zero-order valence-corrected chi connectivity index (χ0v) is 22.0. The number of aromatic nitrogens is 3. The van der Waals surface area contributed by atoms with Crippen molar-refractivity contribution in [3.63, 3.8) is 0 Å². The summed E-state index contributed by atoms with van der Waals surface area (Å²) in [5.74, 6) is -1.72. The van der Waals surface area contributed by atoms with Gasteiger partial charge in [-0.2, -0.15) is 5.10 Å². The van der Waals surface area contributed by atoms with E-state index in [9.17, 15) is 30.0 Å². The van der Waals surface area contributed by atoms with Crippen LogP contribution in [0.15, 0.2) is 76.7 Å². The molecule has 0 aliphatic carbocycles. The largest absolute Gasteiger partial charge is 0.479 e. The number of rotatable bonds is 7. The lowest BCUT2D eigenvalue weighted by atomic mass is 9.98. The highest BCUT2D eigenvalue weighted by Gasteiger charge is 2.48. The molecule has 40 heavy (non-hydrogen) atoms. The second-order valence-corrected chi connectivity index (χ2v) is 10.1. The van der Waals surface area contributed by atoms with Gasteiger partial charge in [-0.15, -0.1) is 0 Å².